The highest BCUT2D eigenvalue weighted by atomic mass is 35.5. The molecule has 0 amide bonds. The maximum Gasteiger partial charge on any atom is 0.338 e. The number of allylic oxidation sites excluding steroid dienone is 1. The molecule has 0 bridgehead atoms. The lowest BCUT2D eigenvalue weighted by Crippen LogP contribution is -2.39. The minimum Gasteiger partial charge on any atom is -0.494 e. The molecule has 0 aliphatic carbocycles. The fourth-order valence-electron chi connectivity index (χ4n) is 5.51. The Morgan fingerprint density at radius 2 is 1.84 bits per heavy atom. The zero-order valence-corrected chi connectivity index (χ0v) is 25.6. The molecule has 3 heterocycles. The molecule has 43 heavy (non-hydrogen) atoms. The predicted octanol–water partition coefficient (Wildman–Crippen LogP) is 5.85. The summed E-state index contributed by atoms with van der Waals surface area (Å²) in [6.07, 6.45) is 3.97. The number of aromatic nitrogens is 2. The number of halogens is 1. The van der Waals surface area contributed by atoms with E-state index in [4.69, 9.17) is 26.1 Å². The number of hydrogen-bond donors (Lipinski definition) is 0. The second-order valence-electron chi connectivity index (χ2n) is 10.2. The smallest absolute Gasteiger partial charge is 0.338 e. The monoisotopic (exact) mass is 611 g/mol. The maximum absolute atomic E-state index is 14.1. The number of esters is 1. The minimum atomic E-state index is -0.683. The Kier molecular flexibility index (Phi) is 8.06. The lowest BCUT2D eigenvalue weighted by Gasteiger charge is -2.24. The molecule has 0 spiro atoms. The van der Waals surface area contributed by atoms with Crippen molar-refractivity contribution in [3.8, 4) is 5.75 Å². The molecule has 0 radical (unpaired) electrons. The fraction of sp³-hybridized carbons (Fsp3) is 0.206. The van der Waals surface area contributed by atoms with Gasteiger partial charge in [0.2, 0.25) is 0 Å². The third kappa shape index (κ3) is 5.56. The lowest BCUT2D eigenvalue weighted by molar-refractivity contribution is -0.139. The average Bonchev–Trinajstić information content (AvgIpc) is 3.49. The van der Waals surface area contributed by atoms with Gasteiger partial charge in [-0.25, -0.2) is 9.79 Å². The number of rotatable bonds is 8. The summed E-state index contributed by atoms with van der Waals surface area (Å²) < 4.78 is 15.3. The van der Waals surface area contributed by atoms with Crippen LogP contribution in [-0.2, 0) is 16.1 Å². The SMILES string of the molecule is CCOC(=O)C1=C(C)N=c2s/c(=C\c3cn(Cc4cccc(Cl)c4)c4ccccc34)c(=O)n2[C@H]1c1ccc(OCC)cc1. The molecule has 9 heteroatoms. The number of ether oxygens (including phenoxy) is 2. The first kappa shape index (κ1) is 28.7. The highest BCUT2D eigenvalue weighted by Crippen LogP contribution is 2.32. The first-order chi connectivity index (χ1) is 20.9. The van der Waals surface area contributed by atoms with Gasteiger partial charge < -0.3 is 14.0 Å². The molecule has 5 aromatic rings. The Balaban J connectivity index is 1.49. The van der Waals surface area contributed by atoms with Crippen molar-refractivity contribution in [3.05, 3.63) is 132 Å². The number of thiazole rings is 1. The van der Waals surface area contributed by atoms with E-state index in [1.54, 1.807) is 18.4 Å². The Labute approximate surface area is 257 Å². The van der Waals surface area contributed by atoms with Gasteiger partial charge in [0.15, 0.2) is 4.80 Å². The van der Waals surface area contributed by atoms with E-state index in [1.165, 1.54) is 11.3 Å². The van der Waals surface area contributed by atoms with Gasteiger partial charge in [0.1, 0.15) is 5.75 Å². The van der Waals surface area contributed by atoms with Gasteiger partial charge in [-0.05, 0) is 68.3 Å². The largest absolute Gasteiger partial charge is 0.494 e. The van der Waals surface area contributed by atoms with E-state index in [0.717, 1.165) is 27.6 Å². The van der Waals surface area contributed by atoms with Crippen LogP contribution in [0.15, 0.2) is 100 Å². The Morgan fingerprint density at radius 1 is 1.05 bits per heavy atom. The molecule has 0 N–H and O–H groups in total. The normalized spacial score (nSPS) is 15.0. The van der Waals surface area contributed by atoms with Crippen molar-refractivity contribution in [2.24, 2.45) is 4.99 Å². The number of fused-ring (bicyclic) bond motifs is 2. The Bertz CT molecular complexity index is 2050. The van der Waals surface area contributed by atoms with Crippen LogP contribution in [0.4, 0.5) is 0 Å². The summed E-state index contributed by atoms with van der Waals surface area (Å²) in [6.45, 7) is 6.86. The van der Waals surface area contributed by atoms with Crippen LogP contribution in [0.25, 0.3) is 17.0 Å². The lowest BCUT2D eigenvalue weighted by atomic mass is 9.96. The number of para-hydroxylation sites is 1. The summed E-state index contributed by atoms with van der Waals surface area (Å²) in [7, 11) is 0. The van der Waals surface area contributed by atoms with Gasteiger partial charge in [0.25, 0.3) is 5.56 Å². The van der Waals surface area contributed by atoms with Crippen LogP contribution >= 0.6 is 22.9 Å². The Hall–Kier alpha value is -4.40. The van der Waals surface area contributed by atoms with Crippen molar-refractivity contribution in [3.63, 3.8) is 0 Å². The second kappa shape index (κ2) is 12.1. The highest BCUT2D eigenvalue weighted by molar-refractivity contribution is 7.07. The molecule has 3 aromatic carbocycles. The third-order valence-corrected chi connectivity index (χ3v) is 8.59. The summed E-state index contributed by atoms with van der Waals surface area (Å²) in [5, 5.41) is 1.72. The van der Waals surface area contributed by atoms with Gasteiger partial charge in [-0.1, -0.05) is 65.4 Å². The van der Waals surface area contributed by atoms with E-state index in [-0.39, 0.29) is 12.2 Å². The molecule has 0 fully saturated rings. The van der Waals surface area contributed by atoms with E-state index in [1.807, 2.05) is 73.7 Å². The molecule has 1 aliphatic rings. The standard InChI is InChI=1S/C34H30ClN3O4S/c1-4-41-26-15-13-23(14-16-26)31-30(33(40)42-5-2)21(3)36-34-38(31)32(39)29(43-34)18-24-20-37(28-12-7-6-11-27(24)28)19-22-9-8-10-25(35)17-22/h6-18,20,31H,4-5,19H2,1-3H3/b29-18-/t31-/m0/s1. The van der Waals surface area contributed by atoms with Crippen molar-refractivity contribution < 1.29 is 14.3 Å². The highest BCUT2D eigenvalue weighted by Gasteiger charge is 2.33. The van der Waals surface area contributed by atoms with E-state index < -0.39 is 12.0 Å². The molecule has 0 saturated heterocycles. The van der Waals surface area contributed by atoms with E-state index in [9.17, 15) is 9.59 Å². The van der Waals surface area contributed by atoms with Gasteiger partial charge in [-0.2, -0.15) is 0 Å². The summed E-state index contributed by atoms with van der Waals surface area (Å²) >= 11 is 7.56. The maximum atomic E-state index is 14.1. The third-order valence-electron chi connectivity index (χ3n) is 7.37. The molecule has 1 aliphatic heterocycles. The van der Waals surface area contributed by atoms with Crippen molar-refractivity contribution in [1.29, 1.82) is 0 Å². The molecular weight excluding hydrogens is 582 g/mol. The molecule has 0 unspecified atom stereocenters. The quantitative estimate of drug-likeness (QED) is 0.206. The summed E-state index contributed by atoms with van der Waals surface area (Å²) in [6, 6.07) is 22.7. The molecule has 2 aromatic heterocycles. The van der Waals surface area contributed by atoms with Crippen molar-refractivity contribution >= 4 is 45.9 Å². The molecule has 7 nitrogen and oxygen atoms in total. The van der Waals surface area contributed by atoms with E-state index in [0.29, 0.717) is 44.5 Å². The molecule has 6 rings (SSSR count). The average molecular weight is 612 g/mol. The number of hydrogen-bond acceptors (Lipinski definition) is 6. The number of carbonyl (C=O) groups is 1. The predicted molar refractivity (Wildman–Crippen MR) is 171 cm³/mol. The first-order valence-corrected chi connectivity index (χ1v) is 15.3. The molecule has 0 saturated carbocycles. The summed E-state index contributed by atoms with van der Waals surface area (Å²) in [5.74, 6) is 0.229. The van der Waals surface area contributed by atoms with Crippen LogP contribution in [0.5, 0.6) is 5.75 Å². The van der Waals surface area contributed by atoms with Crippen molar-refractivity contribution in [2.45, 2.75) is 33.4 Å². The summed E-state index contributed by atoms with van der Waals surface area (Å²) in [4.78, 5) is 32.6. The van der Waals surface area contributed by atoms with Gasteiger partial charge in [-0.15, -0.1) is 0 Å². The molecule has 1 atom stereocenters. The van der Waals surface area contributed by atoms with Crippen LogP contribution < -0.4 is 19.6 Å². The van der Waals surface area contributed by atoms with Gasteiger partial charge in [0.05, 0.1) is 35.1 Å². The van der Waals surface area contributed by atoms with Crippen molar-refractivity contribution in [1.82, 2.24) is 9.13 Å². The number of nitrogens with zero attached hydrogens (tertiary/aromatic N) is 3. The van der Waals surface area contributed by atoms with Crippen LogP contribution in [-0.4, -0.2) is 28.3 Å². The van der Waals surface area contributed by atoms with Gasteiger partial charge in [0, 0.05) is 34.2 Å². The second-order valence-corrected chi connectivity index (χ2v) is 11.6. The zero-order chi connectivity index (χ0) is 30.1. The van der Waals surface area contributed by atoms with Crippen LogP contribution in [0, 0.1) is 0 Å². The van der Waals surface area contributed by atoms with E-state index >= 15 is 0 Å². The van der Waals surface area contributed by atoms with Crippen LogP contribution in [0.2, 0.25) is 5.02 Å². The molecular formula is C34H30ClN3O4S. The fourth-order valence-corrected chi connectivity index (χ4v) is 6.76. The van der Waals surface area contributed by atoms with Crippen LogP contribution in [0.1, 0.15) is 43.5 Å². The van der Waals surface area contributed by atoms with Crippen LogP contribution in [0.3, 0.4) is 0 Å². The topological polar surface area (TPSA) is 74.8 Å². The number of carbonyl (C=O) groups excluding carboxylic acids is 1. The zero-order valence-electron chi connectivity index (χ0n) is 24.0. The Morgan fingerprint density at radius 3 is 2.58 bits per heavy atom. The van der Waals surface area contributed by atoms with Crippen molar-refractivity contribution in [2.75, 3.05) is 13.2 Å². The number of benzene rings is 3. The summed E-state index contributed by atoms with van der Waals surface area (Å²) in [5.41, 5.74) is 4.48. The minimum absolute atomic E-state index is 0.218. The van der Waals surface area contributed by atoms with Gasteiger partial charge >= 0.3 is 5.97 Å². The first-order valence-electron chi connectivity index (χ1n) is 14.1. The molecule has 218 valence electrons. The van der Waals surface area contributed by atoms with Gasteiger partial charge in [-0.3, -0.25) is 9.36 Å². The van der Waals surface area contributed by atoms with E-state index in [2.05, 4.69) is 22.9 Å².